The van der Waals surface area contributed by atoms with Crippen LogP contribution in [0.15, 0.2) is 0 Å². The summed E-state index contributed by atoms with van der Waals surface area (Å²) in [6.07, 6.45) is 5.16. The van der Waals surface area contributed by atoms with E-state index in [1.54, 1.807) is 16.1 Å². The molecule has 2 saturated heterocycles. The molecule has 3 unspecified atom stereocenters. The number of hydrogen-bond acceptors (Lipinski definition) is 3. The summed E-state index contributed by atoms with van der Waals surface area (Å²) in [4.78, 5) is 29.0. The zero-order valence-electron chi connectivity index (χ0n) is 13.2. The molecule has 120 valence electrons. The van der Waals surface area contributed by atoms with Gasteiger partial charge in [-0.2, -0.15) is 0 Å². The van der Waals surface area contributed by atoms with Gasteiger partial charge in [-0.25, -0.2) is 0 Å². The molecule has 0 aromatic rings. The number of hydrogen-bond donors (Lipinski definition) is 0. The number of amides is 2. The molecule has 5 nitrogen and oxygen atoms in total. The lowest BCUT2D eigenvalue weighted by molar-refractivity contribution is -0.165. The van der Waals surface area contributed by atoms with E-state index in [0.29, 0.717) is 25.3 Å². The van der Waals surface area contributed by atoms with E-state index in [4.69, 9.17) is 0 Å². The lowest BCUT2D eigenvalue weighted by Gasteiger charge is -2.48. The Hall–Kier alpha value is -0.910. The number of piperazine rings is 1. The molecule has 0 N–H and O–H groups in total. The summed E-state index contributed by atoms with van der Waals surface area (Å²) >= 11 is 0. The van der Waals surface area contributed by atoms with Gasteiger partial charge in [-0.15, -0.1) is 0 Å². The lowest BCUT2D eigenvalue weighted by Crippen LogP contribution is -2.67. The molecule has 21 heavy (non-hydrogen) atoms. The van der Waals surface area contributed by atoms with Gasteiger partial charge in [0.2, 0.25) is 11.8 Å². The van der Waals surface area contributed by atoms with Crippen molar-refractivity contribution in [2.24, 2.45) is 5.92 Å². The normalized spacial score (nSPS) is 28.0. The van der Waals surface area contributed by atoms with Crippen molar-refractivity contribution in [2.45, 2.75) is 51.6 Å². The maximum Gasteiger partial charge on any atom is 0.246 e. The molecule has 2 fully saturated rings. The highest BCUT2D eigenvalue weighted by Crippen LogP contribution is 2.29. The Morgan fingerprint density at radius 2 is 1.95 bits per heavy atom. The highest BCUT2D eigenvalue weighted by molar-refractivity contribution is 7.84. The highest BCUT2D eigenvalue weighted by atomic mass is 32.2. The van der Waals surface area contributed by atoms with Crippen LogP contribution in [-0.4, -0.2) is 63.0 Å². The summed E-state index contributed by atoms with van der Waals surface area (Å²) < 4.78 is 11.2. The molecule has 3 atom stereocenters. The highest BCUT2D eigenvalue weighted by Gasteiger charge is 2.47. The SMILES string of the molecule is CC(C)C1C(=O)N2CCCCC2C(=O)N1CCCS(C)=O. The van der Waals surface area contributed by atoms with Crippen LogP contribution in [0.4, 0.5) is 0 Å². The number of rotatable bonds is 5. The number of carbonyl (C=O) groups is 2. The first-order chi connectivity index (χ1) is 9.93. The fraction of sp³-hybridized carbons (Fsp3) is 0.867. The van der Waals surface area contributed by atoms with Gasteiger partial charge >= 0.3 is 0 Å². The molecule has 0 aromatic heterocycles. The van der Waals surface area contributed by atoms with Crippen LogP contribution in [0.2, 0.25) is 0 Å². The summed E-state index contributed by atoms with van der Waals surface area (Å²) in [6, 6.07) is -0.606. The third-order valence-electron chi connectivity index (χ3n) is 4.41. The fourth-order valence-corrected chi connectivity index (χ4v) is 3.95. The van der Waals surface area contributed by atoms with Crippen LogP contribution in [0.3, 0.4) is 0 Å². The van der Waals surface area contributed by atoms with Gasteiger partial charge in [-0.3, -0.25) is 13.8 Å². The first-order valence-corrected chi connectivity index (χ1v) is 9.57. The van der Waals surface area contributed by atoms with Crippen molar-refractivity contribution in [1.82, 2.24) is 9.80 Å². The van der Waals surface area contributed by atoms with Crippen molar-refractivity contribution in [3.63, 3.8) is 0 Å². The topological polar surface area (TPSA) is 57.7 Å². The zero-order chi connectivity index (χ0) is 15.6. The molecule has 2 heterocycles. The Morgan fingerprint density at radius 1 is 1.24 bits per heavy atom. The quantitative estimate of drug-likeness (QED) is 0.761. The maximum atomic E-state index is 12.8. The van der Waals surface area contributed by atoms with Crippen LogP contribution in [0.25, 0.3) is 0 Å². The molecule has 0 radical (unpaired) electrons. The van der Waals surface area contributed by atoms with E-state index >= 15 is 0 Å². The average Bonchev–Trinajstić information content (AvgIpc) is 2.43. The van der Waals surface area contributed by atoms with Crippen LogP contribution in [0.5, 0.6) is 0 Å². The van der Waals surface area contributed by atoms with Gasteiger partial charge in [0.05, 0.1) is 0 Å². The van der Waals surface area contributed by atoms with Gasteiger partial charge in [-0.05, 0) is 31.6 Å². The fourth-order valence-electron chi connectivity index (χ4n) is 3.42. The molecule has 0 saturated carbocycles. The van der Waals surface area contributed by atoms with Crippen LogP contribution < -0.4 is 0 Å². The van der Waals surface area contributed by atoms with E-state index < -0.39 is 10.8 Å². The molecule has 2 aliphatic heterocycles. The second-order valence-corrected chi connectivity index (χ2v) is 7.95. The van der Waals surface area contributed by atoms with Crippen LogP contribution in [-0.2, 0) is 20.4 Å². The first kappa shape index (κ1) is 16.5. The van der Waals surface area contributed by atoms with Crippen molar-refractivity contribution in [3.8, 4) is 0 Å². The van der Waals surface area contributed by atoms with Crippen LogP contribution in [0, 0.1) is 5.92 Å². The Balaban J connectivity index is 2.16. The van der Waals surface area contributed by atoms with Gasteiger partial charge in [0.25, 0.3) is 0 Å². The van der Waals surface area contributed by atoms with E-state index in [-0.39, 0.29) is 29.8 Å². The molecule has 0 aliphatic carbocycles. The minimum Gasteiger partial charge on any atom is -0.329 e. The smallest absolute Gasteiger partial charge is 0.246 e. The third-order valence-corrected chi connectivity index (χ3v) is 5.27. The predicted octanol–water partition coefficient (Wildman–Crippen LogP) is 1.00. The summed E-state index contributed by atoms with van der Waals surface area (Å²) in [7, 11) is -0.853. The number of fused-ring (bicyclic) bond motifs is 1. The van der Waals surface area contributed by atoms with E-state index in [0.717, 1.165) is 19.3 Å². The van der Waals surface area contributed by atoms with E-state index in [1.165, 1.54) is 0 Å². The maximum absolute atomic E-state index is 12.8. The van der Waals surface area contributed by atoms with Gasteiger partial charge in [0.15, 0.2) is 0 Å². The summed E-state index contributed by atoms with van der Waals surface area (Å²) in [5, 5.41) is 0. The largest absolute Gasteiger partial charge is 0.329 e. The molecule has 2 rings (SSSR count). The molecule has 6 heteroatoms. The third kappa shape index (κ3) is 3.47. The summed E-state index contributed by atoms with van der Waals surface area (Å²) in [5.41, 5.74) is 0. The van der Waals surface area contributed by atoms with Crippen molar-refractivity contribution in [2.75, 3.05) is 25.1 Å². The van der Waals surface area contributed by atoms with E-state index in [2.05, 4.69) is 0 Å². The van der Waals surface area contributed by atoms with Crippen LogP contribution >= 0.6 is 0 Å². The second kappa shape index (κ2) is 6.90. The average molecular weight is 314 g/mol. The summed E-state index contributed by atoms with van der Waals surface area (Å²) in [6.45, 7) is 5.23. The standard InChI is InChI=1S/C15H26N2O3S/c1-11(2)13-15(19)16-8-5-4-7-12(16)14(18)17(13)9-6-10-21(3)20/h11-13H,4-10H2,1-3H3. The Morgan fingerprint density at radius 3 is 2.57 bits per heavy atom. The molecular formula is C15H26N2O3S. The molecule has 0 bridgehead atoms. The minimum atomic E-state index is -0.853. The van der Waals surface area contributed by atoms with Crippen molar-refractivity contribution in [3.05, 3.63) is 0 Å². The number of piperidine rings is 1. The Labute approximate surface area is 129 Å². The second-order valence-electron chi connectivity index (χ2n) is 6.39. The molecule has 0 spiro atoms. The summed E-state index contributed by atoms with van der Waals surface area (Å²) in [5.74, 6) is 0.884. The first-order valence-electron chi connectivity index (χ1n) is 7.84. The van der Waals surface area contributed by atoms with Gasteiger partial charge in [0.1, 0.15) is 12.1 Å². The molecule has 0 aromatic carbocycles. The van der Waals surface area contributed by atoms with E-state index in [9.17, 15) is 13.8 Å². The lowest BCUT2D eigenvalue weighted by atomic mass is 9.90. The zero-order valence-corrected chi connectivity index (χ0v) is 14.0. The van der Waals surface area contributed by atoms with Crippen LogP contribution in [0.1, 0.15) is 39.5 Å². The predicted molar refractivity (Wildman–Crippen MR) is 83.2 cm³/mol. The Kier molecular flexibility index (Phi) is 5.41. The molecule has 2 amide bonds. The van der Waals surface area contributed by atoms with E-state index in [1.807, 2.05) is 13.8 Å². The Bertz CT molecular complexity index is 439. The molecule has 2 aliphatic rings. The monoisotopic (exact) mass is 314 g/mol. The van der Waals surface area contributed by atoms with Gasteiger partial charge in [-0.1, -0.05) is 13.8 Å². The van der Waals surface area contributed by atoms with Crippen molar-refractivity contribution < 1.29 is 13.8 Å². The number of carbonyl (C=O) groups excluding carboxylic acids is 2. The van der Waals surface area contributed by atoms with Gasteiger partial charge < -0.3 is 9.80 Å². The van der Waals surface area contributed by atoms with Crippen molar-refractivity contribution >= 4 is 22.6 Å². The minimum absolute atomic E-state index is 0.0925. The van der Waals surface area contributed by atoms with Gasteiger partial charge in [0, 0.05) is 35.9 Å². The molecular weight excluding hydrogens is 288 g/mol. The van der Waals surface area contributed by atoms with Crippen molar-refractivity contribution in [1.29, 1.82) is 0 Å². The number of nitrogens with zero attached hydrogens (tertiary/aromatic N) is 2.